The third kappa shape index (κ3) is 4.33. The third-order valence-corrected chi connectivity index (χ3v) is 5.55. The largest absolute Gasteiger partial charge is 0.321 e. The molecule has 0 aliphatic heterocycles. The van der Waals surface area contributed by atoms with Crippen molar-refractivity contribution >= 4 is 33.6 Å². The normalized spacial score (nSPS) is 11.2. The second-order valence-corrected chi connectivity index (χ2v) is 7.93. The standard InChI is InChI=1S/C24H22BrN3O/c1-15-7-5-10-23(17(15)3)27-24(29)20(14-26)12-19-11-16(2)28(18(19)4)22-9-6-8-21(25)13-22/h5-13H,1-4H3,(H,27,29)/b20-12+. The predicted octanol–water partition coefficient (Wildman–Crippen LogP) is 6.02. The van der Waals surface area contributed by atoms with Gasteiger partial charge in [0, 0.05) is 27.2 Å². The van der Waals surface area contributed by atoms with Crippen LogP contribution < -0.4 is 5.32 Å². The van der Waals surface area contributed by atoms with Crippen LogP contribution in [0.25, 0.3) is 11.8 Å². The lowest BCUT2D eigenvalue weighted by molar-refractivity contribution is -0.112. The lowest BCUT2D eigenvalue weighted by Gasteiger charge is -2.10. The van der Waals surface area contributed by atoms with Crippen molar-refractivity contribution in [1.82, 2.24) is 4.57 Å². The highest BCUT2D eigenvalue weighted by molar-refractivity contribution is 9.10. The van der Waals surface area contributed by atoms with Gasteiger partial charge in [0.1, 0.15) is 11.6 Å². The van der Waals surface area contributed by atoms with Crippen LogP contribution in [0.15, 0.2) is 58.6 Å². The summed E-state index contributed by atoms with van der Waals surface area (Å²) in [6, 6.07) is 17.8. The van der Waals surface area contributed by atoms with Crippen LogP contribution in [0.4, 0.5) is 5.69 Å². The van der Waals surface area contributed by atoms with Gasteiger partial charge in [0.15, 0.2) is 0 Å². The summed E-state index contributed by atoms with van der Waals surface area (Å²) >= 11 is 3.51. The number of aryl methyl sites for hydroxylation is 2. The van der Waals surface area contributed by atoms with Crippen LogP contribution in [0.3, 0.4) is 0 Å². The maximum Gasteiger partial charge on any atom is 0.266 e. The fourth-order valence-electron chi connectivity index (χ4n) is 3.33. The van der Waals surface area contributed by atoms with E-state index < -0.39 is 5.91 Å². The first-order chi connectivity index (χ1) is 13.8. The van der Waals surface area contributed by atoms with Crippen molar-refractivity contribution in [2.75, 3.05) is 5.32 Å². The van der Waals surface area contributed by atoms with Crippen molar-refractivity contribution in [2.45, 2.75) is 27.7 Å². The number of hydrogen-bond acceptors (Lipinski definition) is 2. The Kier molecular flexibility index (Phi) is 6.05. The van der Waals surface area contributed by atoms with Gasteiger partial charge in [-0.05, 0) is 80.8 Å². The summed E-state index contributed by atoms with van der Waals surface area (Å²) in [4.78, 5) is 12.7. The molecule has 0 saturated carbocycles. The second-order valence-electron chi connectivity index (χ2n) is 7.01. The van der Waals surface area contributed by atoms with Crippen molar-refractivity contribution < 1.29 is 4.79 Å². The molecule has 0 saturated heterocycles. The van der Waals surface area contributed by atoms with Crippen molar-refractivity contribution in [3.63, 3.8) is 0 Å². The number of carbonyl (C=O) groups excluding carboxylic acids is 1. The number of carbonyl (C=O) groups is 1. The third-order valence-electron chi connectivity index (χ3n) is 5.05. The number of aromatic nitrogens is 1. The van der Waals surface area contributed by atoms with Crippen LogP contribution in [0.1, 0.15) is 28.1 Å². The van der Waals surface area contributed by atoms with E-state index in [-0.39, 0.29) is 5.57 Å². The molecular formula is C24H22BrN3O. The van der Waals surface area contributed by atoms with E-state index in [2.05, 4.69) is 25.8 Å². The summed E-state index contributed by atoms with van der Waals surface area (Å²) in [5.41, 5.74) is 6.72. The molecule has 0 unspecified atom stereocenters. The highest BCUT2D eigenvalue weighted by Gasteiger charge is 2.15. The molecule has 0 aliphatic rings. The van der Waals surface area contributed by atoms with Crippen LogP contribution in [0.2, 0.25) is 0 Å². The summed E-state index contributed by atoms with van der Waals surface area (Å²) in [6.07, 6.45) is 1.65. The number of anilines is 1. The monoisotopic (exact) mass is 447 g/mol. The molecule has 29 heavy (non-hydrogen) atoms. The SMILES string of the molecule is Cc1cccc(NC(=O)/C(C#N)=C/c2cc(C)n(-c3cccc(Br)c3)c2C)c1C. The minimum atomic E-state index is -0.409. The Bertz CT molecular complexity index is 1170. The van der Waals surface area contributed by atoms with Gasteiger partial charge in [0.05, 0.1) is 0 Å². The minimum Gasteiger partial charge on any atom is -0.321 e. The molecule has 0 fully saturated rings. The molecule has 0 spiro atoms. The first-order valence-electron chi connectivity index (χ1n) is 9.26. The smallest absolute Gasteiger partial charge is 0.266 e. The number of nitrogens with zero attached hydrogens (tertiary/aromatic N) is 2. The molecule has 0 radical (unpaired) electrons. The van der Waals surface area contributed by atoms with Gasteiger partial charge in [-0.3, -0.25) is 4.79 Å². The number of nitrogens with one attached hydrogen (secondary N) is 1. The molecule has 1 aromatic heterocycles. The van der Waals surface area contributed by atoms with E-state index in [0.29, 0.717) is 0 Å². The van der Waals surface area contributed by atoms with Gasteiger partial charge < -0.3 is 9.88 Å². The molecule has 4 nitrogen and oxygen atoms in total. The molecule has 5 heteroatoms. The molecule has 0 bridgehead atoms. The van der Waals surface area contributed by atoms with Crippen molar-refractivity contribution in [3.05, 3.63) is 86.7 Å². The zero-order valence-electron chi connectivity index (χ0n) is 16.9. The fourth-order valence-corrected chi connectivity index (χ4v) is 3.71. The fraction of sp³-hybridized carbons (Fsp3) is 0.167. The van der Waals surface area contributed by atoms with E-state index >= 15 is 0 Å². The number of nitriles is 1. The average molecular weight is 448 g/mol. The summed E-state index contributed by atoms with van der Waals surface area (Å²) in [7, 11) is 0. The average Bonchev–Trinajstić information content (AvgIpc) is 2.96. The predicted molar refractivity (Wildman–Crippen MR) is 121 cm³/mol. The quantitative estimate of drug-likeness (QED) is 0.392. The maximum absolute atomic E-state index is 12.7. The Morgan fingerprint density at radius 3 is 2.52 bits per heavy atom. The lowest BCUT2D eigenvalue weighted by Crippen LogP contribution is -2.14. The number of amides is 1. The van der Waals surface area contributed by atoms with Crippen LogP contribution in [0, 0.1) is 39.0 Å². The van der Waals surface area contributed by atoms with Gasteiger partial charge in [-0.1, -0.05) is 34.1 Å². The summed E-state index contributed by atoms with van der Waals surface area (Å²) in [6.45, 7) is 7.93. The number of halogens is 1. The van der Waals surface area contributed by atoms with Gasteiger partial charge in [0.2, 0.25) is 0 Å². The molecule has 0 aliphatic carbocycles. The van der Waals surface area contributed by atoms with Crippen LogP contribution in [0.5, 0.6) is 0 Å². The Balaban J connectivity index is 1.96. The molecule has 1 amide bonds. The van der Waals surface area contributed by atoms with E-state index in [1.807, 2.05) is 82.3 Å². The van der Waals surface area contributed by atoms with Gasteiger partial charge in [0.25, 0.3) is 5.91 Å². The highest BCUT2D eigenvalue weighted by Crippen LogP contribution is 2.25. The molecule has 1 heterocycles. The Hall–Kier alpha value is -3.10. The topological polar surface area (TPSA) is 57.8 Å². The second kappa shape index (κ2) is 8.50. The van der Waals surface area contributed by atoms with Gasteiger partial charge in [-0.25, -0.2) is 0 Å². The van der Waals surface area contributed by atoms with Crippen LogP contribution >= 0.6 is 15.9 Å². The van der Waals surface area contributed by atoms with E-state index in [0.717, 1.165) is 43.9 Å². The summed E-state index contributed by atoms with van der Waals surface area (Å²) in [5, 5.41) is 12.4. The number of rotatable bonds is 4. The number of benzene rings is 2. The van der Waals surface area contributed by atoms with E-state index in [4.69, 9.17) is 0 Å². The first-order valence-corrected chi connectivity index (χ1v) is 10.1. The van der Waals surface area contributed by atoms with Crippen molar-refractivity contribution in [1.29, 1.82) is 5.26 Å². The zero-order chi connectivity index (χ0) is 21.1. The maximum atomic E-state index is 12.7. The van der Waals surface area contributed by atoms with Gasteiger partial charge >= 0.3 is 0 Å². The van der Waals surface area contributed by atoms with Crippen molar-refractivity contribution in [3.8, 4) is 11.8 Å². The van der Waals surface area contributed by atoms with Crippen LogP contribution in [-0.4, -0.2) is 10.5 Å². The van der Waals surface area contributed by atoms with Gasteiger partial charge in [-0.2, -0.15) is 5.26 Å². The number of hydrogen-bond donors (Lipinski definition) is 1. The first kappa shape index (κ1) is 20.6. The molecule has 3 rings (SSSR count). The zero-order valence-corrected chi connectivity index (χ0v) is 18.5. The molecule has 2 aromatic carbocycles. The lowest BCUT2D eigenvalue weighted by atomic mass is 10.1. The van der Waals surface area contributed by atoms with Crippen LogP contribution in [-0.2, 0) is 4.79 Å². The Labute approximate surface area is 179 Å². The molecule has 1 N–H and O–H groups in total. The molecule has 3 aromatic rings. The van der Waals surface area contributed by atoms with E-state index in [9.17, 15) is 10.1 Å². The Morgan fingerprint density at radius 1 is 1.10 bits per heavy atom. The van der Waals surface area contributed by atoms with Crippen molar-refractivity contribution in [2.24, 2.45) is 0 Å². The summed E-state index contributed by atoms with van der Waals surface area (Å²) < 4.78 is 3.10. The molecule has 146 valence electrons. The van der Waals surface area contributed by atoms with E-state index in [1.54, 1.807) is 6.08 Å². The highest BCUT2D eigenvalue weighted by atomic mass is 79.9. The molecular weight excluding hydrogens is 426 g/mol. The molecule has 0 atom stereocenters. The summed E-state index contributed by atoms with van der Waals surface area (Å²) in [5.74, 6) is -0.409. The Morgan fingerprint density at radius 2 is 1.83 bits per heavy atom. The minimum absolute atomic E-state index is 0.0698. The van der Waals surface area contributed by atoms with Gasteiger partial charge in [-0.15, -0.1) is 0 Å². The van der Waals surface area contributed by atoms with E-state index in [1.165, 1.54) is 0 Å².